The summed E-state index contributed by atoms with van der Waals surface area (Å²) in [7, 11) is 1.71. The van der Waals surface area contributed by atoms with Gasteiger partial charge in [0.05, 0.1) is 6.20 Å². The predicted octanol–water partition coefficient (Wildman–Crippen LogP) is 1.33. The standard InChI is InChI=1S/C10H19N3O/c1-3-13-8-9(7-12-13)10(11)5-4-6-14-2/h7-8,10H,3-6,11H2,1-2H3. The summed E-state index contributed by atoms with van der Waals surface area (Å²) in [6, 6.07) is 0.0884. The second-order valence-electron chi connectivity index (χ2n) is 3.37. The molecule has 80 valence electrons. The van der Waals surface area contributed by atoms with Gasteiger partial charge in [0.25, 0.3) is 0 Å². The van der Waals surface area contributed by atoms with Crippen molar-refractivity contribution in [1.29, 1.82) is 0 Å². The molecule has 0 spiro atoms. The van der Waals surface area contributed by atoms with Gasteiger partial charge < -0.3 is 10.5 Å². The zero-order valence-electron chi connectivity index (χ0n) is 8.94. The summed E-state index contributed by atoms with van der Waals surface area (Å²) >= 11 is 0. The lowest BCUT2D eigenvalue weighted by Crippen LogP contribution is -2.10. The molecule has 1 atom stereocenters. The van der Waals surface area contributed by atoms with Crippen molar-refractivity contribution in [2.45, 2.75) is 32.4 Å². The normalized spacial score (nSPS) is 13.1. The predicted molar refractivity (Wildman–Crippen MR) is 55.9 cm³/mol. The quantitative estimate of drug-likeness (QED) is 0.700. The van der Waals surface area contributed by atoms with Crippen LogP contribution in [0.4, 0.5) is 0 Å². The van der Waals surface area contributed by atoms with Crippen molar-refractivity contribution in [1.82, 2.24) is 9.78 Å². The largest absolute Gasteiger partial charge is 0.385 e. The van der Waals surface area contributed by atoms with Crippen LogP contribution >= 0.6 is 0 Å². The summed E-state index contributed by atoms with van der Waals surface area (Å²) in [6.45, 7) is 3.73. The molecule has 4 nitrogen and oxygen atoms in total. The van der Waals surface area contributed by atoms with Gasteiger partial charge in [-0.2, -0.15) is 5.10 Å². The Kier molecular flexibility index (Phi) is 4.62. The lowest BCUT2D eigenvalue weighted by Gasteiger charge is -2.08. The van der Waals surface area contributed by atoms with Crippen LogP contribution in [-0.2, 0) is 11.3 Å². The minimum Gasteiger partial charge on any atom is -0.385 e. The first kappa shape index (κ1) is 11.2. The van der Waals surface area contributed by atoms with E-state index in [0.717, 1.165) is 31.6 Å². The Morgan fingerprint density at radius 2 is 2.43 bits per heavy atom. The summed E-state index contributed by atoms with van der Waals surface area (Å²) in [5.41, 5.74) is 7.11. The molecule has 1 aromatic heterocycles. The SMILES string of the molecule is CCn1cc(C(N)CCCOC)cn1. The van der Waals surface area contributed by atoms with Crippen LogP contribution in [0, 0.1) is 0 Å². The van der Waals surface area contributed by atoms with Crippen molar-refractivity contribution < 1.29 is 4.74 Å². The van der Waals surface area contributed by atoms with Gasteiger partial charge in [0.1, 0.15) is 0 Å². The van der Waals surface area contributed by atoms with Gasteiger partial charge in [0, 0.05) is 38.1 Å². The maximum atomic E-state index is 5.99. The van der Waals surface area contributed by atoms with Gasteiger partial charge in [-0.25, -0.2) is 0 Å². The second-order valence-corrected chi connectivity index (χ2v) is 3.37. The first-order valence-electron chi connectivity index (χ1n) is 5.04. The fraction of sp³-hybridized carbons (Fsp3) is 0.700. The average molecular weight is 197 g/mol. The molecule has 0 saturated carbocycles. The van der Waals surface area contributed by atoms with E-state index in [4.69, 9.17) is 10.5 Å². The summed E-state index contributed by atoms with van der Waals surface area (Å²) in [4.78, 5) is 0. The van der Waals surface area contributed by atoms with E-state index in [2.05, 4.69) is 12.0 Å². The molecule has 0 aliphatic carbocycles. The van der Waals surface area contributed by atoms with Crippen LogP contribution in [0.15, 0.2) is 12.4 Å². The lowest BCUT2D eigenvalue weighted by atomic mass is 10.1. The fourth-order valence-corrected chi connectivity index (χ4v) is 1.36. The highest BCUT2D eigenvalue weighted by atomic mass is 16.5. The van der Waals surface area contributed by atoms with E-state index >= 15 is 0 Å². The fourth-order valence-electron chi connectivity index (χ4n) is 1.36. The molecule has 1 unspecified atom stereocenters. The molecule has 1 rings (SSSR count). The molecular weight excluding hydrogens is 178 g/mol. The van der Waals surface area contributed by atoms with Crippen LogP contribution in [0.5, 0.6) is 0 Å². The Balaban J connectivity index is 2.39. The minimum atomic E-state index is 0.0884. The van der Waals surface area contributed by atoms with Crippen molar-refractivity contribution in [2.24, 2.45) is 5.73 Å². The van der Waals surface area contributed by atoms with E-state index < -0.39 is 0 Å². The highest BCUT2D eigenvalue weighted by Crippen LogP contribution is 2.14. The second kappa shape index (κ2) is 5.78. The summed E-state index contributed by atoms with van der Waals surface area (Å²) in [5, 5.41) is 4.19. The number of hydrogen-bond donors (Lipinski definition) is 1. The molecule has 14 heavy (non-hydrogen) atoms. The highest BCUT2D eigenvalue weighted by molar-refractivity contribution is 5.09. The van der Waals surface area contributed by atoms with E-state index in [1.54, 1.807) is 7.11 Å². The van der Waals surface area contributed by atoms with Crippen molar-refractivity contribution >= 4 is 0 Å². The van der Waals surface area contributed by atoms with Gasteiger partial charge in [-0.15, -0.1) is 0 Å². The molecule has 0 fully saturated rings. The molecular formula is C10H19N3O. The van der Waals surface area contributed by atoms with E-state index in [1.165, 1.54) is 0 Å². The molecule has 0 bridgehead atoms. The van der Waals surface area contributed by atoms with E-state index in [1.807, 2.05) is 17.1 Å². The third-order valence-corrected chi connectivity index (χ3v) is 2.27. The summed E-state index contributed by atoms with van der Waals surface area (Å²) < 4.78 is 6.87. The highest BCUT2D eigenvalue weighted by Gasteiger charge is 2.07. The number of nitrogens with zero attached hydrogens (tertiary/aromatic N) is 2. The van der Waals surface area contributed by atoms with Crippen molar-refractivity contribution in [3.63, 3.8) is 0 Å². The lowest BCUT2D eigenvalue weighted by molar-refractivity contribution is 0.190. The molecule has 0 radical (unpaired) electrons. The van der Waals surface area contributed by atoms with Crippen LogP contribution in [0.2, 0.25) is 0 Å². The monoisotopic (exact) mass is 197 g/mol. The number of nitrogens with two attached hydrogens (primary N) is 1. The van der Waals surface area contributed by atoms with Crippen LogP contribution in [0.1, 0.15) is 31.4 Å². The molecule has 1 heterocycles. The minimum absolute atomic E-state index is 0.0884. The van der Waals surface area contributed by atoms with Crippen LogP contribution in [0.25, 0.3) is 0 Å². The zero-order chi connectivity index (χ0) is 10.4. The van der Waals surface area contributed by atoms with Gasteiger partial charge in [-0.1, -0.05) is 0 Å². The molecule has 0 saturated heterocycles. The third kappa shape index (κ3) is 3.12. The molecule has 0 aliphatic heterocycles. The van der Waals surface area contributed by atoms with Crippen molar-refractivity contribution in [3.8, 4) is 0 Å². The Labute approximate surface area is 85.0 Å². The molecule has 2 N–H and O–H groups in total. The smallest absolute Gasteiger partial charge is 0.0537 e. The molecule has 0 aromatic carbocycles. The van der Waals surface area contributed by atoms with E-state index in [9.17, 15) is 0 Å². The molecule has 1 aromatic rings. The van der Waals surface area contributed by atoms with Gasteiger partial charge in [0.2, 0.25) is 0 Å². The Morgan fingerprint density at radius 1 is 1.64 bits per heavy atom. The Hall–Kier alpha value is -0.870. The number of aromatic nitrogens is 2. The molecule has 0 aliphatic rings. The Morgan fingerprint density at radius 3 is 3.00 bits per heavy atom. The number of ether oxygens (including phenoxy) is 1. The molecule has 4 heteroatoms. The van der Waals surface area contributed by atoms with Gasteiger partial charge in [0.15, 0.2) is 0 Å². The van der Waals surface area contributed by atoms with E-state index in [-0.39, 0.29) is 6.04 Å². The van der Waals surface area contributed by atoms with Crippen molar-refractivity contribution in [3.05, 3.63) is 18.0 Å². The van der Waals surface area contributed by atoms with Crippen LogP contribution < -0.4 is 5.73 Å². The van der Waals surface area contributed by atoms with Crippen LogP contribution in [-0.4, -0.2) is 23.5 Å². The maximum Gasteiger partial charge on any atom is 0.0537 e. The number of aryl methyl sites for hydroxylation is 1. The first-order chi connectivity index (χ1) is 6.77. The van der Waals surface area contributed by atoms with Crippen LogP contribution in [0.3, 0.4) is 0 Å². The maximum absolute atomic E-state index is 5.99. The summed E-state index contributed by atoms with van der Waals surface area (Å²) in [5.74, 6) is 0. The number of methoxy groups -OCH3 is 1. The van der Waals surface area contributed by atoms with Crippen molar-refractivity contribution in [2.75, 3.05) is 13.7 Å². The van der Waals surface area contributed by atoms with Gasteiger partial charge in [-0.05, 0) is 19.8 Å². The number of rotatable bonds is 6. The summed E-state index contributed by atoms with van der Waals surface area (Å²) in [6.07, 6.45) is 5.80. The van der Waals surface area contributed by atoms with E-state index in [0.29, 0.717) is 0 Å². The third-order valence-electron chi connectivity index (χ3n) is 2.27. The zero-order valence-corrected chi connectivity index (χ0v) is 8.94. The Bertz CT molecular complexity index is 260. The first-order valence-corrected chi connectivity index (χ1v) is 5.04. The molecule has 0 amide bonds. The topological polar surface area (TPSA) is 53.1 Å². The van der Waals surface area contributed by atoms with Gasteiger partial charge in [-0.3, -0.25) is 4.68 Å². The average Bonchev–Trinajstić information content (AvgIpc) is 2.66. The van der Waals surface area contributed by atoms with Gasteiger partial charge >= 0.3 is 0 Å². The number of hydrogen-bond acceptors (Lipinski definition) is 3.